The van der Waals surface area contributed by atoms with Crippen molar-refractivity contribution in [1.29, 1.82) is 0 Å². The van der Waals surface area contributed by atoms with Gasteiger partial charge in [-0.1, -0.05) is 0 Å². The summed E-state index contributed by atoms with van der Waals surface area (Å²) in [5, 5.41) is 0. The highest BCUT2D eigenvalue weighted by molar-refractivity contribution is 5.75. The van der Waals surface area contributed by atoms with E-state index in [2.05, 4.69) is 0 Å². The van der Waals surface area contributed by atoms with Crippen LogP contribution in [0.2, 0.25) is 0 Å². The molecule has 4 fully saturated rings. The van der Waals surface area contributed by atoms with Gasteiger partial charge in [0.25, 0.3) is 0 Å². The summed E-state index contributed by atoms with van der Waals surface area (Å²) in [6.07, 6.45) is 4.23. The molecule has 4 aliphatic rings. The summed E-state index contributed by atoms with van der Waals surface area (Å²) in [6.45, 7) is 5.42. The number of carbonyl (C=O) groups is 2. The van der Waals surface area contributed by atoms with Crippen LogP contribution in [0.1, 0.15) is 52.9 Å². The molecule has 4 atom stereocenters. The summed E-state index contributed by atoms with van der Waals surface area (Å²) in [4.78, 5) is 23.7. The van der Waals surface area contributed by atoms with Crippen LogP contribution in [0.15, 0.2) is 0 Å². The zero-order chi connectivity index (χ0) is 15.3. The molecule has 4 unspecified atom stereocenters. The van der Waals surface area contributed by atoms with Gasteiger partial charge in [0.05, 0.1) is 16.9 Å². The average molecular weight is 296 g/mol. The minimum Gasteiger partial charge on any atom is -0.462 e. The molecule has 0 amide bonds. The summed E-state index contributed by atoms with van der Waals surface area (Å²) >= 11 is 0. The minimum absolute atomic E-state index is 0.0259. The number of esters is 2. The number of carbonyl (C=O) groups excluding carboxylic acids is 2. The molecule has 4 rings (SSSR count). The third-order valence-corrected chi connectivity index (χ3v) is 4.88. The first kappa shape index (κ1) is 14.8. The van der Waals surface area contributed by atoms with E-state index < -0.39 is 5.41 Å². The van der Waals surface area contributed by atoms with E-state index >= 15 is 0 Å². The Balaban J connectivity index is 1.63. The van der Waals surface area contributed by atoms with E-state index in [-0.39, 0.29) is 36.4 Å². The number of fused-ring (bicyclic) bond motifs is 1. The summed E-state index contributed by atoms with van der Waals surface area (Å²) in [5.41, 5.74) is -0.873. The van der Waals surface area contributed by atoms with Crippen LogP contribution in [-0.4, -0.2) is 30.4 Å². The van der Waals surface area contributed by atoms with Crippen LogP contribution < -0.4 is 0 Å². The van der Waals surface area contributed by atoms with Crippen LogP contribution in [0.25, 0.3) is 0 Å². The minimum atomic E-state index is -0.527. The first-order chi connectivity index (χ1) is 9.77. The molecule has 21 heavy (non-hydrogen) atoms. The Hall–Kier alpha value is -1.10. The Bertz CT molecular complexity index is 452. The molecule has 0 N–H and O–H groups in total. The Morgan fingerprint density at radius 2 is 2.05 bits per heavy atom. The topological polar surface area (TPSA) is 61.8 Å². The quantitative estimate of drug-likeness (QED) is 0.591. The van der Waals surface area contributed by atoms with Crippen molar-refractivity contribution in [3.63, 3.8) is 0 Å². The van der Waals surface area contributed by atoms with Gasteiger partial charge in [-0.15, -0.1) is 0 Å². The molecule has 0 aromatic rings. The largest absolute Gasteiger partial charge is 0.462 e. The fraction of sp³-hybridized carbons (Fsp3) is 0.875. The number of rotatable bonds is 3. The highest BCUT2D eigenvalue weighted by Crippen LogP contribution is 2.51. The first-order valence-electron chi connectivity index (χ1n) is 7.79. The van der Waals surface area contributed by atoms with Crippen LogP contribution in [0.4, 0.5) is 0 Å². The van der Waals surface area contributed by atoms with E-state index in [0.717, 1.165) is 25.7 Å². The molecule has 4 bridgehead atoms. The van der Waals surface area contributed by atoms with Crippen LogP contribution >= 0.6 is 0 Å². The lowest BCUT2D eigenvalue weighted by Crippen LogP contribution is -2.47. The van der Waals surface area contributed by atoms with Crippen LogP contribution in [0.5, 0.6) is 0 Å². The lowest BCUT2D eigenvalue weighted by atomic mass is 9.65. The number of hydrogen-bond acceptors (Lipinski definition) is 5. The third-order valence-electron chi connectivity index (χ3n) is 4.88. The third kappa shape index (κ3) is 2.93. The molecule has 2 saturated heterocycles. The molecule has 2 saturated carbocycles. The zero-order valence-electron chi connectivity index (χ0n) is 13.0. The van der Waals surface area contributed by atoms with E-state index in [1.54, 1.807) is 0 Å². The molecule has 0 spiro atoms. The maximum absolute atomic E-state index is 12.0. The van der Waals surface area contributed by atoms with Crippen molar-refractivity contribution in [2.24, 2.45) is 17.3 Å². The lowest BCUT2D eigenvalue weighted by molar-refractivity contribution is -0.198. The highest BCUT2D eigenvalue weighted by Gasteiger charge is 2.53. The SMILES string of the molecule is CC(C)(C)C(=O)OCOC12CC3CC(C1)OC(=O)C(C3)C2. The van der Waals surface area contributed by atoms with Gasteiger partial charge in [0.2, 0.25) is 0 Å². The Morgan fingerprint density at radius 3 is 2.76 bits per heavy atom. The monoisotopic (exact) mass is 296 g/mol. The second kappa shape index (κ2) is 4.97. The molecule has 5 nitrogen and oxygen atoms in total. The van der Waals surface area contributed by atoms with Crippen molar-refractivity contribution >= 4 is 11.9 Å². The molecule has 2 heterocycles. The van der Waals surface area contributed by atoms with Gasteiger partial charge >= 0.3 is 11.9 Å². The summed E-state index contributed by atoms with van der Waals surface area (Å²) in [5.74, 6) is 0.110. The molecule has 0 aromatic heterocycles. The van der Waals surface area contributed by atoms with Gasteiger partial charge in [-0.25, -0.2) is 0 Å². The van der Waals surface area contributed by atoms with E-state index in [4.69, 9.17) is 14.2 Å². The predicted octanol–water partition coefficient (Wildman–Crippen LogP) is 2.42. The molecular formula is C16H24O5. The molecule has 2 aliphatic carbocycles. The van der Waals surface area contributed by atoms with Gasteiger partial charge in [-0.05, 0) is 52.4 Å². The van der Waals surface area contributed by atoms with Crippen molar-refractivity contribution in [1.82, 2.24) is 0 Å². The van der Waals surface area contributed by atoms with E-state index in [1.165, 1.54) is 0 Å². The fourth-order valence-electron chi connectivity index (χ4n) is 3.97. The molecule has 5 heteroatoms. The van der Waals surface area contributed by atoms with Gasteiger partial charge in [0, 0.05) is 6.42 Å². The molecule has 0 radical (unpaired) electrons. The normalized spacial score (nSPS) is 38.0. The molecular weight excluding hydrogens is 272 g/mol. The van der Waals surface area contributed by atoms with E-state index in [1.807, 2.05) is 20.8 Å². The summed E-state index contributed by atoms with van der Waals surface area (Å²) in [7, 11) is 0. The van der Waals surface area contributed by atoms with Gasteiger partial charge in [-0.2, -0.15) is 0 Å². The van der Waals surface area contributed by atoms with Crippen molar-refractivity contribution in [3.05, 3.63) is 0 Å². The number of ether oxygens (including phenoxy) is 3. The van der Waals surface area contributed by atoms with Crippen LogP contribution in [0, 0.1) is 17.3 Å². The van der Waals surface area contributed by atoms with E-state index in [0.29, 0.717) is 12.3 Å². The Labute approximate surface area is 125 Å². The second-order valence-electron chi connectivity index (χ2n) is 7.83. The number of hydrogen-bond donors (Lipinski definition) is 0. The average Bonchev–Trinajstić information content (AvgIpc) is 2.50. The summed E-state index contributed by atoms with van der Waals surface area (Å²) < 4.78 is 16.7. The van der Waals surface area contributed by atoms with Crippen molar-refractivity contribution < 1.29 is 23.8 Å². The molecule has 0 aromatic carbocycles. The van der Waals surface area contributed by atoms with Crippen molar-refractivity contribution in [3.8, 4) is 0 Å². The fourth-order valence-corrected chi connectivity index (χ4v) is 3.97. The zero-order valence-corrected chi connectivity index (χ0v) is 13.0. The summed E-state index contributed by atoms with van der Waals surface area (Å²) in [6, 6.07) is 0. The van der Waals surface area contributed by atoms with Crippen LogP contribution in [-0.2, 0) is 23.8 Å². The Kier molecular flexibility index (Phi) is 3.51. The Morgan fingerprint density at radius 1 is 1.29 bits per heavy atom. The molecule has 2 aliphatic heterocycles. The van der Waals surface area contributed by atoms with Gasteiger partial charge < -0.3 is 14.2 Å². The van der Waals surface area contributed by atoms with Crippen molar-refractivity contribution in [2.45, 2.75) is 64.6 Å². The first-order valence-corrected chi connectivity index (χ1v) is 7.79. The van der Waals surface area contributed by atoms with Gasteiger partial charge in [-0.3, -0.25) is 9.59 Å². The predicted molar refractivity (Wildman–Crippen MR) is 74.2 cm³/mol. The smallest absolute Gasteiger partial charge is 0.313 e. The second-order valence-corrected chi connectivity index (χ2v) is 7.83. The molecule has 118 valence electrons. The van der Waals surface area contributed by atoms with E-state index in [9.17, 15) is 9.59 Å². The standard InChI is InChI=1S/C16H24O5/c1-15(2,3)14(18)19-9-20-16-6-10-4-11(7-16)13(17)21-12(5-10)8-16/h10-12H,4-9H2,1-3H3. The maximum atomic E-state index is 12.0. The van der Waals surface area contributed by atoms with Gasteiger partial charge in [0.1, 0.15) is 6.10 Å². The maximum Gasteiger partial charge on any atom is 0.313 e. The van der Waals surface area contributed by atoms with Crippen LogP contribution in [0.3, 0.4) is 0 Å². The van der Waals surface area contributed by atoms with Gasteiger partial charge in [0.15, 0.2) is 6.79 Å². The lowest BCUT2D eigenvalue weighted by Gasteiger charge is -2.45. The highest BCUT2D eigenvalue weighted by atomic mass is 16.7. The van der Waals surface area contributed by atoms with Crippen molar-refractivity contribution in [2.75, 3.05) is 6.79 Å².